The maximum absolute atomic E-state index is 12.8. The lowest BCUT2D eigenvalue weighted by atomic mass is 10.1. The van der Waals surface area contributed by atoms with Crippen LogP contribution in [0, 0.1) is 0 Å². The highest BCUT2D eigenvalue weighted by atomic mass is 16.2. The van der Waals surface area contributed by atoms with Crippen molar-refractivity contribution in [3.8, 4) is 0 Å². The minimum absolute atomic E-state index is 0.110. The summed E-state index contributed by atoms with van der Waals surface area (Å²) in [6.07, 6.45) is 2.13. The first kappa shape index (κ1) is 15.7. The smallest absolute Gasteiger partial charge is 0.227 e. The van der Waals surface area contributed by atoms with Gasteiger partial charge in [0.25, 0.3) is 0 Å². The zero-order valence-corrected chi connectivity index (χ0v) is 14.5. The summed E-state index contributed by atoms with van der Waals surface area (Å²) in [6, 6.07) is 9.92. The van der Waals surface area contributed by atoms with Gasteiger partial charge in [-0.15, -0.1) is 10.2 Å². The topological polar surface area (TPSA) is 63.9 Å². The second-order valence-electron chi connectivity index (χ2n) is 6.77. The number of para-hydroxylation sites is 1. The fourth-order valence-corrected chi connectivity index (χ4v) is 3.41. The summed E-state index contributed by atoms with van der Waals surface area (Å²) >= 11 is 0. The van der Waals surface area contributed by atoms with Gasteiger partial charge in [0.1, 0.15) is 5.82 Å². The molecule has 128 valence electrons. The van der Waals surface area contributed by atoms with Gasteiger partial charge in [0, 0.05) is 30.6 Å². The molecule has 0 bridgehead atoms. The predicted octanol–water partition coefficient (Wildman–Crippen LogP) is 2.53. The number of hydrogen-bond acceptors (Lipinski definition) is 4. The fraction of sp³-hybridized carbons (Fsp3) is 0.368. The van der Waals surface area contributed by atoms with Crippen LogP contribution in [0.25, 0.3) is 10.9 Å². The van der Waals surface area contributed by atoms with Gasteiger partial charge in [0.15, 0.2) is 5.82 Å². The third-order valence-corrected chi connectivity index (χ3v) is 4.71. The lowest BCUT2D eigenvalue weighted by Gasteiger charge is -2.28. The summed E-state index contributed by atoms with van der Waals surface area (Å²) in [5.41, 5.74) is 1.87. The molecule has 2 aromatic heterocycles. The lowest BCUT2D eigenvalue weighted by Crippen LogP contribution is -2.39. The largest absolute Gasteiger partial charge is 0.333 e. The molecular formula is C19H21N5O. The highest BCUT2D eigenvalue weighted by molar-refractivity contribution is 5.87. The predicted molar refractivity (Wildman–Crippen MR) is 95.0 cm³/mol. The SMILES string of the molecule is CC(C)c1nnc2n1CCN(C(=O)Cc1cccc3cccnc13)C2. The molecule has 6 nitrogen and oxygen atoms in total. The van der Waals surface area contributed by atoms with E-state index < -0.39 is 0 Å². The van der Waals surface area contributed by atoms with E-state index in [9.17, 15) is 4.79 Å². The van der Waals surface area contributed by atoms with Crippen LogP contribution < -0.4 is 0 Å². The van der Waals surface area contributed by atoms with Crippen molar-refractivity contribution in [3.05, 3.63) is 53.7 Å². The number of rotatable bonds is 3. The van der Waals surface area contributed by atoms with Crippen LogP contribution in [-0.2, 0) is 24.3 Å². The van der Waals surface area contributed by atoms with Crippen molar-refractivity contribution in [2.24, 2.45) is 0 Å². The second-order valence-corrected chi connectivity index (χ2v) is 6.77. The Morgan fingerprint density at radius 1 is 1.16 bits per heavy atom. The third kappa shape index (κ3) is 2.88. The van der Waals surface area contributed by atoms with Crippen LogP contribution in [0.2, 0.25) is 0 Å². The molecule has 25 heavy (non-hydrogen) atoms. The monoisotopic (exact) mass is 335 g/mol. The van der Waals surface area contributed by atoms with E-state index in [1.165, 1.54) is 0 Å². The first-order chi connectivity index (χ1) is 12.1. The van der Waals surface area contributed by atoms with Crippen LogP contribution in [-0.4, -0.2) is 37.1 Å². The Morgan fingerprint density at radius 3 is 2.84 bits per heavy atom. The summed E-state index contributed by atoms with van der Waals surface area (Å²) in [7, 11) is 0. The Balaban J connectivity index is 1.54. The Bertz CT molecular complexity index is 925. The maximum atomic E-state index is 12.8. The van der Waals surface area contributed by atoms with E-state index in [1.54, 1.807) is 6.20 Å². The Labute approximate surface area is 146 Å². The van der Waals surface area contributed by atoms with E-state index in [4.69, 9.17) is 0 Å². The van der Waals surface area contributed by atoms with Crippen molar-refractivity contribution < 1.29 is 4.79 Å². The molecule has 0 atom stereocenters. The standard InChI is InChI=1S/C19H21N5O/c1-13(2)19-22-21-16-12-23(9-10-24(16)19)17(25)11-15-6-3-5-14-7-4-8-20-18(14)15/h3-8,13H,9-12H2,1-2H3. The molecule has 0 spiro atoms. The summed E-state index contributed by atoms with van der Waals surface area (Å²) in [4.78, 5) is 19.1. The van der Waals surface area contributed by atoms with Crippen LogP contribution in [0.5, 0.6) is 0 Å². The van der Waals surface area contributed by atoms with Crippen molar-refractivity contribution >= 4 is 16.8 Å². The van der Waals surface area contributed by atoms with Crippen molar-refractivity contribution in [1.82, 2.24) is 24.6 Å². The number of aromatic nitrogens is 4. The molecule has 6 heteroatoms. The van der Waals surface area contributed by atoms with Gasteiger partial charge in [-0.2, -0.15) is 0 Å². The summed E-state index contributed by atoms with van der Waals surface area (Å²) in [5, 5.41) is 9.62. The first-order valence-electron chi connectivity index (χ1n) is 8.66. The normalized spacial score (nSPS) is 14.1. The summed E-state index contributed by atoms with van der Waals surface area (Å²) < 4.78 is 2.15. The number of carbonyl (C=O) groups is 1. The molecule has 0 aliphatic carbocycles. The first-order valence-corrected chi connectivity index (χ1v) is 8.66. The molecule has 1 amide bonds. The molecule has 0 N–H and O–H groups in total. The summed E-state index contributed by atoms with van der Waals surface area (Å²) in [6.45, 7) is 6.21. The lowest BCUT2D eigenvalue weighted by molar-refractivity contribution is -0.132. The van der Waals surface area contributed by atoms with Crippen LogP contribution in [0.3, 0.4) is 0 Å². The van der Waals surface area contributed by atoms with Crippen LogP contribution in [0.15, 0.2) is 36.5 Å². The van der Waals surface area contributed by atoms with E-state index in [2.05, 4.69) is 33.6 Å². The molecule has 0 radical (unpaired) electrons. The molecule has 0 saturated carbocycles. The van der Waals surface area contributed by atoms with E-state index in [1.807, 2.05) is 35.2 Å². The summed E-state index contributed by atoms with van der Waals surface area (Å²) in [5.74, 6) is 2.32. The molecular weight excluding hydrogens is 314 g/mol. The number of hydrogen-bond donors (Lipinski definition) is 0. The van der Waals surface area contributed by atoms with Gasteiger partial charge < -0.3 is 9.47 Å². The van der Waals surface area contributed by atoms with Crippen molar-refractivity contribution in [2.75, 3.05) is 6.54 Å². The number of pyridine rings is 1. The van der Waals surface area contributed by atoms with Gasteiger partial charge in [0.05, 0.1) is 18.5 Å². The van der Waals surface area contributed by atoms with Gasteiger partial charge in [0.2, 0.25) is 5.91 Å². The Morgan fingerprint density at radius 2 is 2.00 bits per heavy atom. The molecule has 3 heterocycles. The average molecular weight is 335 g/mol. The number of benzene rings is 1. The van der Waals surface area contributed by atoms with E-state index in [0.717, 1.165) is 34.7 Å². The zero-order chi connectivity index (χ0) is 17.4. The Kier molecular flexibility index (Phi) is 3.95. The molecule has 1 aliphatic rings. The van der Waals surface area contributed by atoms with Crippen LogP contribution in [0.4, 0.5) is 0 Å². The molecule has 0 unspecified atom stereocenters. The fourth-order valence-electron chi connectivity index (χ4n) is 3.41. The van der Waals surface area contributed by atoms with Crippen LogP contribution >= 0.6 is 0 Å². The average Bonchev–Trinajstić information content (AvgIpc) is 3.05. The number of carbonyl (C=O) groups excluding carboxylic acids is 1. The quantitative estimate of drug-likeness (QED) is 0.738. The van der Waals surface area contributed by atoms with Gasteiger partial charge >= 0.3 is 0 Å². The van der Waals surface area contributed by atoms with Gasteiger partial charge in [-0.25, -0.2) is 0 Å². The van der Waals surface area contributed by atoms with Crippen molar-refractivity contribution in [3.63, 3.8) is 0 Å². The molecule has 4 rings (SSSR count). The molecule has 1 aromatic carbocycles. The third-order valence-electron chi connectivity index (χ3n) is 4.71. The molecule has 3 aromatic rings. The maximum Gasteiger partial charge on any atom is 0.227 e. The molecule has 1 aliphatic heterocycles. The minimum Gasteiger partial charge on any atom is -0.333 e. The van der Waals surface area contributed by atoms with Crippen molar-refractivity contribution in [1.29, 1.82) is 0 Å². The van der Waals surface area contributed by atoms with E-state index in [-0.39, 0.29) is 5.91 Å². The van der Waals surface area contributed by atoms with Crippen molar-refractivity contribution in [2.45, 2.75) is 39.3 Å². The van der Waals surface area contributed by atoms with E-state index >= 15 is 0 Å². The highest BCUT2D eigenvalue weighted by Gasteiger charge is 2.25. The molecule has 0 saturated heterocycles. The number of nitrogens with zero attached hydrogens (tertiary/aromatic N) is 5. The second kappa shape index (κ2) is 6.27. The number of fused-ring (bicyclic) bond motifs is 2. The van der Waals surface area contributed by atoms with E-state index in [0.29, 0.717) is 25.4 Å². The van der Waals surface area contributed by atoms with Crippen LogP contribution in [0.1, 0.15) is 37.0 Å². The Hall–Kier alpha value is -2.76. The van der Waals surface area contributed by atoms with Gasteiger partial charge in [-0.05, 0) is 11.6 Å². The highest BCUT2D eigenvalue weighted by Crippen LogP contribution is 2.21. The zero-order valence-electron chi connectivity index (χ0n) is 14.5. The minimum atomic E-state index is 0.110. The van der Waals surface area contributed by atoms with Gasteiger partial charge in [-0.3, -0.25) is 9.78 Å². The molecule has 0 fully saturated rings. The van der Waals surface area contributed by atoms with Gasteiger partial charge in [-0.1, -0.05) is 38.1 Å². The number of amides is 1.